The molecule has 16 heteroatoms. The molecule has 12 aliphatic rings. The average molecular weight is 1730 g/mol. The van der Waals surface area contributed by atoms with E-state index in [0.717, 1.165) is 179 Å². The van der Waals surface area contributed by atoms with Crippen LogP contribution in [0.3, 0.4) is 0 Å². The van der Waals surface area contributed by atoms with E-state index < -0.39 is 30.1 Å². The third kappa shape index (κ3) is 22.5. The van der Waals surface area contributed by atoms with Crippen molar-refractivity contribution in [3.8, 4) is 18.1 Å². The summed E-state index contributed by atoms with van der Waals surface area (Å²) in [6.45, 7) is 46.7. The smallest absolute Gasteiger partial charge is 0.490 e. The second kappa shape index (κ2) is 42.4. The Kier molecular flexibility index (Phi) is 33.5. The van der Waals surface area contributed by atoms with Crippen LogP contribution in [0.2, 0.25) is 0 Å². The van der Waals surface area contributed by atoms with Crippen molar-refractivity contribution in [3.05, 3.63) is 83.5 Å². The molecule has 0 saturated heterocycles. The first-order valence-corrected chi connectivity index (χ1v) is 50.3. The molecule has 2 aromatic rings. The maximum atomic E-state index is 12.5. The Morgan fingerprint density at radius 3 is 1.36 bits per heavy atom. The highest BCUT2D eigenvalue weighted by molar-refractivity contribution is 5.92. The fourth-order valence-corrected chi connectivity index (χ4v) is 27.8. The number of ketones is 1. The standard InChI is InChI=1S/C38H59NO3.C32H54O3.C26H36O4.C13H18N2O3/c1-8-27(5)41-36(40)39-29-13-15-30(16-14-29)42-31-20-22-37(6)28(24-31)12-17-32-34-19-18-33(26(4)11-9-10-25(2)3)38(34,7)23-21-35(32)37;1-8-23(5)34-30(33)35-25-16-18-31(6)24(20-25)12-13-26-28-15-14-27(22(4)11-9-10-21(2)3)32(28,7)19-17-29(26)31;1-6-17(3)29-23(28)30-26(7-2)15-12-22-20-9-8-18-16-19(27)10-13-24(18,4)21(20)11-14-25(22,26)5;1-4-9(2)18-13(17)15-12-7-5-11(6-8-12)14-10(3)16/h12-16,25-27,31-35H,8-11,17-24H2,1-7H3,(H,39,40);12,21-23,25-29H,8-11,13-20H2,1-7H3;2,16-17,20-22H,6,8-15H2,1,3-5H3;5-9H,4H2,1-3H3,(H,14,16)(H,15,17). The van der Waals surface area contributed by atoms with Crippen LogP contribution in [-0.2, 0) is 38.0 Å². The molecule has 14 rings (SSSR count). The van der Waals surface area contributed by atoms with Gasteiger partial charge in [-0.1, -0.05) is 184 Å². The van der Waals surface area contributed by atoms with Gasteiger partial charge in [0.25, 0.3) is 0 Å². The van der Waals surface area contributed by atoms with E-state index in [4.69, 9.17) is 39.6 Å². The van der Waals surface area contributed by atoms with Gasteiger partial charge in [0, 0.05) is 48.7 Å². The summed E-state index contributed by atoms with van der Waals surface area (Å²) < 4.78 is 39.5. The molecule has 0 heterocycles. The van der Waals surface area contributed by atoms with Gasteiger partial charge >= 0.3 is 24.5 Å². The molecule has 0 aliphatic heterocycles. The van der Waals surface area contributed by atoms with Crippen molar-refractivity contribution < 1.29 is 61.9 Å². The summed E-state index contributed by atoms with van der Waals surface area (Å²) >= 11 is 0. The normalized spacial score (nSPS) is 35.2. The number of carbonyl (C=O) groups is 6. The molecular weight excluding hydrogens is 1560 g/mol. The maximum absolute atomic E-state index is 12.5. The Bertz CT molecular complexity index is 4100. The highest BCUT2D eigenvalue weighted by atomic mass is 16.7. The van der Waals surface area contributed by atoms with E-state index in [1.165, 1.54) is 122 Å². The number of hydrogen-bond acceptors (Lipinski definition) is 13. The summed E-state index contributed by atoms with van der Waals surface area (Å²) in [5.41, 5.74) is 7.42. The Morgan fingerprint density at radius 1 is 0.448 bits per heavy atom. The summed E-state index contributed by atoms with van der Waals surface area (Å²) in [5.74, 6) is 16.0. The Morgan fingerprint density at radius 2 is 0.880 bits per heavy atom. The summed E-state index contributed by atoms with van der Waals surface area (Å²) in [6.07, 6.45) is 50.6. The SMILES string of the molecule is C#CC1(OC(=O)OC(C)CC)CCC2C3CCC4=CC(=O)CCC4(C)C3CCC21C.CCC(C)OC(=O)Nc1ccc(NC(C)=O)cc1.CCC(C)OC(=O)Nc1ccc(OC2CCC3(C)C(=CCC4C3CCC3(C)C(C(C)CCCC(C)C)CCC43)C2)cc1.CCC(C)OC(=O)OC1CCC2(C)C(=CCC3C2CCC2(C)C(C(C)CCCC(C)C)CCC32)C1. The maximum Gasteiger partial charge on any atom is 0.510 e. The summed E-state index contributed by atoms with van der Waals surface area (Å²) in [7, 11) is 0. The predicted octanol–water partition coefficient (Wildman–Crippen LogP) is 29.0. The summed E-state index contributed by atoms with van der Waals surface area (Å²) in [4.78, 5) is 71.1. The molecular formula is C109H167N3O13. The minimum atomic E-state index is -0.882. The largest absolute Gasteiger partial charge is 0.510 e. The molecule has 12 aliphatic carbocycles. The highest BCUT2D eigenvalue weighted by Crippen LogP contribution is 2.72. The lowest BCUT2D eigenvalue weighted by molar-refractivity contribution is -0.123. The Labute approximate surface area is 755 Å². The van der Waals surface area contributed by atoms with Crippen molar-refractivity contribution in [2.45, 2.75) is 406 Å². The number of nitrogens with one attached hydrogen (secondary N) is 3. The Hall–Kier alpha value is -6.76. The van der Waals surface area contributed by atoms with Gasteiger partial charge < -0.3 is 38.5 Å². The van der Waals surface area contributed by atoms with Crippen molar-refractivity contribution in [2.75, 3.05) is 16.0 Å². The first kappa shape index (κ1) is 98.8. The molecule has 696 valence electrons. The Balaban J connectivity index is 0.000000168. The first-order valence-electron chi connectivity index (χ1n) is 50.3. The van der Waals surface area contributed by atoms with Gasteiger partial charge in [-0.05, 0) is 359 Å². The third-order valence-electron chi connectivity index (χ3n) is 35.7. The van der Waals surface area contributed by atoms with Crippen LogP contribution in [-0.4, -0.2) is 78.4 Å². The van der Waals surface area contributed by atoms with Crippen LogP contribution in [0.25, 0.3) is 0 Å². The molecule has 0 spiro atoms. The number of terminal acetylenes is 1. The first-order chi connectivity index (χ1) is 59.3. The fraction of sp³-hybridized carbons (Fsp3) is 0.761. The third-order valence-corrected chi connectivity index (χ3v) is 35.7. The number of benzene rings is 2. The summed E-state index contributed by atoms with van der Waals surface area (Å²) in [5, 5.41) is 8.08. The zero-order valence-corrected chi connectivity index (χ0v) is 81.4. The molecule has 0 radical (unpaired) electrons. The average Bonchev–Trinajstić information content (AvgIpc) is 1.60. The molecule has 9 fully saturated rings. The number of fused-ring (bicyclic) bond motifs is 15. The zero-order chi connectivity index (χ0) is 90.7. The van der Waals surface area contributed by atoms with E-state index >= 15 is 0 Å². The number of ether oxygens (including phenoxy) is 7. The van der Waals surface area contributed by atoms with Gasteiger partial charge in [-0.3, -0.25) is 20.2 Å². The van der Waals surface area contributed by atoms with Crippen LogP contribution in [0, 0.1) is 134 Å². The van der Waals surface area contributed by atoms with E-state index in [0.29, 0.717) is 69.4 Å². The van der Waals surface area contributed by atoms with Gasteiger partial charge in [0.15, 0.2) is 11.4 Å². The number of amides is 3. The lowest BCUT2D eigenvalue weighted by atomic mass is 9.46. The number of allylic oxidation sites excluding steroid dienone is 3. The van der Waals surface area contributed by atoms with Crippen LogP contribution in [0.15, 0.2) is 83.5 Å². The lowest BCUT2D eigenvalue weighted by Gasteiger charge is -2.58. The second-order valence-corrected chi connectivity index (χ2v) is 44.0. The van der Waals surface area contributed by atoms with Gasteiger partial charge in [0.05, 0.1) is 0 Å². The molecule has 16 nitrogen and oxygen atoms in total. The van der Waals surface area contributed by atoms with Crippen LogP contribution >= 0.6 is 0 Å². The van der Waals surface area contributed by atoms with E-state index in [1.807, 2.05) is 85.7 Å². The molecule has 0 bridgehead atoms. The molecule has 0 aromatic heterocycles. The van der Waals surface area contributed by atoms with Crippen molar-refractivity contribution in [3.63, 3.8) is 0 Å². The highest BCUT2D eigenvalue weighted by Gasteiger charge is 2.67. The number of anilines is 3. The molecule has 3 N–H and O–H groups in total. The van der Waals surface area contributed by atoms with E-state index in [9.17, 15) is 28.8 Å². The molecule has 26 atom stereocenters. The molecule has 9 saturated carbocycles. The number of carbonyl (C=O) groups excluding carboxylic acids is 6. The van der Waals surface area contributed by atoms with Gasteiger partial charge in [-0.2, -0.15) is 0 Å². The van der Waals surface area contributed by atoms with Gasteiger partial charge in [0.2, 0.25) is 5.91 Å². The van der Waals surface area contributed by atoms with Crippen molar-refractivity contribution in [1.82, 2.24) is 0 Å². The quantitative estimate of drug-likeness (QED) is 0.0367. The predicted molar refractivity (Wildman–Crippen MR) is 504 cm³/mol. The van der Waals surface area contributed by atoms with Crippen molar-refractivity contribution in [1.29, 1.82) is 0 Å². The van der Waals surface area contributed by atoms with Crippen molar-refractivity contribution in [2.24, 2.45) is 121 Å². The van der Waals surface area contributed by atoms with Gasteiger partial charge in [0.1, 0.15) is 42.4 Å². The second-order valence-electron chi connectivity index (χ2n) is 44.0. The molecule has 26 unspecified atom stereocenters. The molecule has 2 aromatic carbocycles. The van der Waals surface area contributed by atoms with E-state index in [-0.39, 0.29) is 53.4 Å². The molecule has 3 amide bonds. The fourth-order valence-electron chi connectivity index (χ4n) is 27.8. The van der Waals surface area contributed by atoms with Gasteiger partial charge in [-0.25, -0.2) is 19.2 Å². The van der Waals surface area contributed by atoms with Crippen LogP contribution < -0.4 is 20.7 Å². The zero-order valence-electron chi connectivity index (χ0n) is 81.4. The van der Waals surface area contributed by atoms with E-state index in [1.54, 1.807) is 35.4 Å². The number of rotatable bonds is 25. The topological polar surface area (TPSA) is 203 Å². The minimum absolute atomic E-state index is 0.0150. The monoisotopic (exact) mass is 1730 g/mol. The lowest BCUT2D eigenvalue weighted by Crippen LogP contribution is -2.55. The van der Waals surface area contributed by atoms with E-state index in [2.05, 4.69) is 117 Å². The molecule has 125 heavy (non-hydrogen) atoms. The van der Waals surface area contributed by atoms with Crippen molar-refractivity contribution >= 4 is 53.2 Å². The minimum Gasteiger partial charge on any atom is -0.490 e. The van der Waals surface area contributed by atoms with Gasteiger partial charge in [-0.15, -0.1) is 6.42 Å². The number of hydrogen-bond donors (Lipinski definition) is 3. The summed E-state index contributed by atoms with van der Waals surface area (Å²) in [6, 6.07) is 14.6. The van der Waals surface area contributed by atoms with Crippen LogP contribution in [0.5, 0.6) is 5.75 Å². The van der Waals surface area contributed by atoms with Crippen LogP contribution in [0.4, 0.5) is 36.2 Å². The van der Waals surface area contributed by atoms with Crippen LogP contribution in [0.1, 0.15) is 364 Å².